The average molecular weight is 290 g/mol. The van der Waals surface area contributed by atoms with Gasteiger partial charge in [0.2, 0.25) is 0 Å². The van der Waals surface area contributed by atoms with Crippen molar-refractivity contribution < 1.29 is 9.47 Å². The minimum atomic E-state index is 0.407. The summed E-state index contributed by atoms with van der Waals surface area (Å²) >= 11 is 0. The van der Waals surface area contributed by atoms with Crippen molar-refractivity contribution in [3.05, 3.63) is 36.4 Å². The molecule has 1 aliphatic rings. The molecule has 0 spiro atoms. The van der Waals surface area contributed by atoms with Crippen LogP contribution in [0.1, 0.15) is 24.4 Å². The van der Waals surface area contributed by atoms with Crippen molar-refractivity contribution in [1.82, 2.24) is 10.2 Å². The highest BCUT2D eigenvalue weighted by atomic mass is 16.5. The summed E-state index contributed by atoms with van der Waals surface area (Å²) in [6.07, 6.45) is 4.10. The Hall–Kier alpha value is -1.52. The fraction of sp³-hybridized carbons (Fsp3) is 0.529. The van der Waals surface area contributed by atoms with Gasteiger partial charge in [-0.1, -0.05) is 12.1 Å². The van der Waals surface area contributed by atoms with E-state index in [9.17, 15) is 0 Å². The lowest BCUT2D eigenvalue weighted by atomic mass is 9.99. The van der Waals surface area contributed by atoms with Crippen molar-refractivity contribution in [3.63, 3.8) is 0 Å². The van der Waals surface area contributed by atoms with Gasteiger partial charge in [-0.2, -0.15) is 0 Å². The number of ether oxygens (including phenoxy) is 2. The van der Waals surface area contributed by atoms with Crippen molar-refractivity contribution >= 4 is 0 Å². The first-order chi connectivity index (χ1) is 10.3. The fourth-order valence-corrected chi connectivity index (χ4v) is 2.89. The highest BCUT2D eigenvalue weighted by molar-refractivity contribution is 5.43. The standard InChI is InChI=1S/C17H26N2O2/c1-4-5-6-15(19-11-9-18-10-12-19)14-7-8-16(20-2)17(13-14)21-3/h4,7-8,13,15,18H,1,5-6,9-12H2,2-3H3/t15-/m0/s1. The lowest BCUT2D eigenvalue weighted by Crippen LogP contribution is -2.45. The van der Waals surface area contributed by atoms with E-state index in [0.717, 1.165) is 50.5 Å². The number of benzene rings is 1. The molecule has 4 nitrogen and oxygen atoms in total. The Morgan fingerprint density at radius 3 is 2.57 bits per heavy atom. The number of rotatable bonds is 7. The fourth-order valence-electron chi connectivity index (χ4n) is 2.89. The van der Waals surface area contributed by atoms with Crippen molar-refractivity contribution in [2.24, 2.45) is 0 Å². The van der Waals surface area contributed by atoms with Crippen LogP contribution < -0.4 is 14.8 Å². The summed E-state index contributed by atoms with van der Waals surface area (Å²) in [6, 6.07) is 6.66. The van der Waals surface area contributed by atoms with Crippen LogP contribution >= 0.6 is 0 Å². The molecule has 1 aliphatic heterocycles. The Morgan fingerprint density at radius 2 is 1.95 bits per heavy atom. The molecule has 0 aromatic heterocycles. The number of nitrogens with one attached hydrogen (secondary N) is 1. The van der Waals surface area contributed by atoms with Gasteiger partial charge >= 0.3 is 0 Å². The topological polar surface area (TPSA) is 33.7 Å². The van der Waals surface area contributed by atoms with Gasteiger partial charge in [0.05, 0.1) is 14.2 Å². The van der Waals surface area contributed by atoms with Gasteiger partial charge in [-0.25, -0.2) is 0 Å². The molecule has 21 heavy (non-hydrogen) atoms. The van der Waals surface area contributed by atoms with Gasteiger partial charge in [-0.15, -0.1) is 6.58 Å². The molecule has 1 atom stereocenters. The molecule has 1 aromatic carbocycles. The van der Waals surface area contributed by atoms with Crippen LogP contribution in [0.25, 0.3) is 0 Å². The van der Waals surface area contributed by atoms with Gasteiger partial charge in [0, 0.05) is 32.2 Å². The number of allylic oxidation sites excluding steroid dienone is 1. The second-order valence-electron chi connectivity index (χ2n) is 5.28. The SMILES string of the molecule is C=CCC[C@@H](c1ccc(OC)c(OC)c1)N1CCNCC1. The van der Waals surface area contributed by atoms with Crippen molar-refractivity contribution in [1.29, 1.82) is 0 Å². The Morgan fingerprint density at radius 1 is 1.24 bits per heavy atom. The monoisotopic (exact) mass is 290 g/mol. The number of nitrogens with zero attached hydrogens (tertiary/aromatic N) is 1. The van der Waals surface area contributed by atoms with Crippen LogP contribution in [-0.4, -0.2) is 45.3 Å². The van der Waals surface area contributed by atoms with E-state index >= 15 is 0 Å². The van der Waals surface area contributed by atoms with E-state index in [2.05, 4.69) is 28.9 Å². The first kappa shape index (κ1) is 15.9. The summed E-state index contributed by atoms with van der Waals surface area (Å²) in [6.45, 7) is 8.12. The third-order valence-corrected chi connectivity index (χ3v) is 4.03. The summed E-state index contributed by atoms with van der Waals surface area (Å²) in [7, 11) is 3.36. The highest BCUT2D eigenvalue weighted by Gasteiger charge is 2.22. The van der Waals surface area contributed by atoms with E-state index in [0.29, 0.717) is 6.04 Å². The predicted octanol–water partition coefficient (Wildman–Crippen LogP) is 2.62. The minimum absolute atomic E-state index is 0.407. The second kappa shape index (κ2) is 8.05. The van der Waals surface area contributed by atoms with Gasteiger partial charge in [0.1, 0.15) is 0 Å². The molecule has 0 saturated carbocycles. The molecule has 0 unspecified atom stereocenters. The number of piperazine rings is 1. The summed E-state index contributed by atoms with van der Waals surface area (Å²) in [5, 5.41) is 3.41. The van der Waals surface area contributed by atoms with E-state index in [1.54, 1.807) is 14.2 Å². The zero-order chi connectivity index (χ0) is 15.1. The lowest BCUT2D eigenvalue weighted by Gasteiger charge is -2.35. The maximum atomic E-state index is 5.44. The third kappa shape index (κ3) is 3.99. The quantitative estimate of drug-likeness (QED) is 0.783. The smallest absolute Gasteiger partial charge is 0.161 e. The molecule has 1 fully saturated rings. The van der Waals surface area contributed by atoms with E-state index in [-0.39, 0.29) is 0 Å². The molecule has 2 rings (SSSR count). The van der Waals surface area contributed by atoms with Gasteiger partial charge in [-0.05, 0) is 30.5 Å². The molecule has 0 amide bonds. The maximum Gasteiger partial charge on any atom is 0.161 e. The van der Waals surface area contributed by atoms with Crippen LogP contribution in [0.3, 0.4) is 0 Å². The summed E-state index contributed by atoms with van der Waals surface area (Å²) in [5.41, 5.74) is 1.29. The number of methoxy groups -OCH3 is 2. The Balaban J connectivity index is 2.24. The molecule has 1 aromatic rings. The molecular formula is C17H26N2O2. The average Bonchev–Trinajstić information content (AvgIpc) is 2.56. The molecule has 1 heterocycles. The minimum Gasteiger partial charge on any atom is -0.493 e. The Bertz CT molecular complexity index is 456. The van der Waals surface area contributed by atoms with Crippen LogP contribution in [0.5, 0.6) is 11.5 Å². The largest absolute Gasteiger partial charge is 0.493 e. The molecule has 0 radical (unpaired) electrons. The van der Waals surface area contributed by atoms with Crippen LogP contribution in [0.4, 0.5) is 0 Å². The van der Waals surface area contributed by atoms with E-state index in [1.165, 1.54) is 5.56 Å². The van der Waals surface area contributed by atoms with Gasteiger partial charge in [0.15, 0.2) is 11.5 Å². The van der Waals surface area contributed by atoms with Crippen molar-refractivity contribution in [2.75, 3.05) is 40.4 Å². The molecule has 0 bridgehead atoms. The highest BCUT2D eigenvalue weighted by Crippen LogP contribution is 2.34. The summed E-state index contributed by atoms with van der Waals surface area (Å²) < 4.78 is 10.8. The predicted molar refractivity (Wildman–Crippen MR) is 86.2 cm³/mol. The zero-order valence-corrected chi connectivity index (χ0v) is 13.1. The van der Waals surface area contributed by atoms with E-state index < -0.39 is 0 Å². The van der Waals surface area contributed by atoms with Gasteiger partial charge in [-0.3, -0.25) is 4.90 Å². The Labute approximate surface area is 127 Å². The molecule has 1 N–H and O–H groups in total. The van der Waals surface area contributed by atoms with Crippen LogP contribution in [0.2, 0.25) is 0 Å². The van der Waals surface area contributed by atoms with E-state index in [1.807, 2.05) is 12.1 Å². The Kier molecular flexibility index (Phi) is 6.08. The molecule has 1 saturated heterocycles. The van der Waals surface area contributed by atoms with Crippen molar-refractivity contribution in [2.45, 2.75) is 18.9 Å². The molecule has 0 aliphatic carbocycles. The number of hydrogen-bond acceptors (Lipinski definition) is 4. The summed E-state index contributed by atoms with van der Waals surface area (Å²) in [4.78, 5) is 2.54. The first-order valence-electron chi connectivity index (χ1n) is 7.57. The van der Waals surface area contributed by atoms with Gasteiger partial charge in [0.25, 0.3) is 0 Å². The van der Waals surface area contributed by atoms with Crippen LogP contribution in [-0.2, 0) is 0 Å². The normalized spacial score (nSPS) is 17.2. The van der Waals surface area contributed by atoms with E-state index in [4.69, 9.17) is 9.47 Å². The lowest BCUT2D eigenvalue weighted by molar-refractivity contribution is 0.166. The summed E-state index contributed by atoms with van der Waals surface area (Å²) in [5.74, 6) is 1.58. The molecular weight excluding hydrogens is 264 g/mol. The zero-order valence-electron chi connectivity index (χ0n) is 13.1. The third-order valence-electron chi connectivity index (χ3n) is 4.03. The second-order valence-corrected chi connectivity index (χ2v) is 5.28. The first-order valence-corrected chi connectivity index (χ1v) is 7.57. The van der Waals surface area contributed by atoms with Crippen LogP contribution in [0.15, 0.2) is 30.9 Å². The maximum absolute atomic E-state index is 5.44. The molecule has 4 heteroatoms. The van der Waals surface area contributed by atoms with Crippen molar-refractivity contribution in [3.8, 4) is 11.5 Å². The number of hydrogen-bond donors (Lipinski definition) is 1. The molecule has 116 valence electrons. The van der Waals surface area contributed by atoms with Gasteiger partial charge < -0.3 is 14.8 Å². The van der Waals surface area contributed by atoms with Crippen LogP contribution in [0, 0.1) is 0 Å².